The monoisotopic (exact) mass is 296 g/mol. The molecule has 0 atom stereocenters. The molecule has 2 aromatic rings. The van der Waals surface area contributed by atoms with Gasteiger partial charge in [0.2, 0.25) is 0 Å². The van der Waals surface area contributed by atoms with Crippen LogP contribution in [0, 0.1) is 13.8 Å². The number of carbonyl (C=O) groups excluding carboxylic acids is 2. The lowest BCUT2D eigenvalue weighted by Gasteiger charge is -2.02. The lowest BCUT2D eigenvalue weighted by atomic mass is 10.2. The Hall–Kier alpha value is -3.02. The van der Waals surface area contributed by atoms with Crippen LogP contribution in [0.2, 0.25) is 0 Å². The summed E-state index contributed by atoms with van der Waals surface area (Å²) in [7, 11) is 0. The maximum absolute atomic E-state index is 11.5. The van der Waals surface area contributed by atoms with Gasteiger partial charge in [-0.3, -0.25) is 0 Å². The van der Waals surface area contributed by atoms with Crippen LogP contribution in [0.15, 0.2) is 58.8 Å². The summed E-state index contributed by atoms with van der Waals surface area (Å²) in [4.78, 5) is 23.1. The van der Waals surface area contributed by atoms with E-state index in [1.165, 1.54) is 0 Å². The quantitative estimate of drug-likeness (QED) is 0.799. The first kappa shape index (κ1) is 15.4. The van der Waals surface area contributed by atoms with E-state index in [4.69, 9.17) is 0 Å². The predicted octanol–water partition coefficient (Wildman–Crippen LogP) is 4.52. The second kappa shape index (κ2) is 7.12. The van der Waals surface area contributed by atoms with Crippen molar-refractivity contribution in [1.29, 1.82) is 0 Å². The molecule has 0 aromatic heterocycles. The molecular weight excluding hydrogens is 280 g/mol. The second-order valence-corrected chi connectivity index (χ2v) is 4.79. The van der Waals surface area contributed by atoms with Crippen molar-refractivity contribution in [3.63, 3.8) is 0 Å². The van der Waals surface area contributed by atoms with Gasteiger partial charge < -0.3 is 10.6 Å². The third-order valence-electron chi connectivity index (χ3n) is 2.84. The lowest BCUT2D eigenvalue weighted by Crippen LogP contribution is -2.09. The van der Waals surface area contributed by atoms with Crippen molar-refractivity contribution in [2.45, 2.75) is 13.8 Å². The summed E-state index contributed by atoms with van der Waals surface area (Å²) in [6, 6.07) is 13.0. The van der Waals surface area contributed by atoms with Gasteiger partial charge in [-0.1, -0.05) is 45.6 Å². The average molecular weight is 296 g/mol. The van der Waals surface area contributed by atoms with Gasteiger partial charge in [0.05, 0.1) is 0 Å². The van der Waals surface area contributed by atoms with Crippen LogP contribution in [-0.2, 0) is 0 Å². The fourth-order valence-electron chi connectivity index (χ4n) is 1.66. The molecule has 4 amide bonds. The third kappa shape index (κ3) is 4.82. The number of azo groups is 1. The number of carbonyl (C=O) groups is 2. The van der Waals surface area contributed by atoms with Crippen LogP contribution < -0.4 is 10.6 Å². The number of nitrogens with zero attached hydrogens (tertiary/aromatic N) is 2. The van der Waals surface area contributed by atoms with Gasteiger partial charge in [-0.15, -0.1) is 0 Å². The van der Waals surface area contributed by atoms with Gasteiger partial charge in [-0.05, 0) is 38.1 Å². The second-order valence-electron chi connectivity index (χ2n) is 4.79. The Morgan fingerprint density at radius 1 is 0.682 bits per heavy atom. The van der Waals surface area contributed by atoms with Gasteiger partial charge in [-0.25, -0.2) is 9.59 Å². The summed E-state index contributed by atoms with van der Waals surface area (Å²) in [6.45, 7) is 3.89. The number of rotatable bonds is 2. The van der Waals surface area contributed by atoms with Gasteiger partial charge in [0.25, 0.3) is 0 Å². The fourth-order valence-corrected chi connectivity index (χ4v) is 1.66. The maximum Gasteiger partial charge on any atom is 0.364 e. The number of amides is 4. The highest BCUT2D eigenvalue weighted by Crippen LogP contribution is 2.10. The molecule has 0 bridgehead atoms. The molecule has 0 radical (unpaired) electrons. The first-order valence-corrected chi connectivity index (χ1v) is 6.70. The number of hydrogen-bond acceptors (Lipinski definition) is 2. The Morgan fingerprint density at radius 3 is 1.32 bits per heavy atom. The summed E-state index contributed by atoms with van der Waals surface area (Å²) < 4.78 is 0. The molecule has 0 aliphatic carbocycles. The summed E-state index contributed by atoms with van der Waals surface area (Å²) in [5.74, 6) is 0. The van der Waals surface area contributed by atoms with Crippen LogP contribution in [-0.4, -0.2) is 12.1 Å². The van der Waals surface area contributed by atoms with E-state index in [9.17, 15) is 9.59 Å². The number of nitrogens with one attached hydrogen (secondary N) is 2. The summed E-state index contributed by atoms with van der Waals surface area (Å²) in [5, 5.41) is 11.7. The normalized spacial score (nSPS) is 10.5. The highest BCUT2D eigenvalue weighted by atomic mass is 16.2. The zero-order valence-corrected chi connectivity index (χ0v) is 12.3. The molecule has 0 fully saturated rings. The summed E-state index contributed by atoms with van der Waals surface area (Å²) in [5.41, 5.74) is 3.34. The fraction of sp³-hybridized carbons (Fsp3) is 0.125. The third-order valence-corrected chi connectivity index (χ3v) is 2.84. The average Bonchev–Trinajstić information content (AvgIpc) is 2.50. The molecule has 2 N–H and O–H groups in total. The predicted molar refractivity (Wildman–Crippen MR) is 85.3 cm³/mol. The SMILES string of the molecule is Cc1ccc(NC(=O)/N=N/C(=O)Nc2ccc(C)cc2)cc1. The van der Waals surface area contributed by atoms with Crippen molar-refractivity contribution in [3.8, 4) is 0 Å². The molecule has 2 rings (SSSR count). The Kier molecular flexibility index (Phi) is 4.98. The molecule has 0 spiro atoms. The molecule has 6 nitrogen and oxygen atoms in total. The lowest BCUT2D eigenvalue weighted by molar-refractivity contribution is 0.252. The maximum atomic E-state index is 11.5. The Labute approximate surface area is 128 Å². The van der Waals surface area contributed by atoms with E-state index >= 15 is 0 Å². The zero-order valence-electron chi connectivity index (χ0n) is 12.3. The van der Waals surface area contributed by atoms with E-state index in [1.807, 2.05) is 38.1 Å². The van der Waals surface area contributed by atoms with E-state index < -0.39 is 12.1 Å². The van der Waals surface area contributed by atoms with Crippen LogP contribution in [0.1, 0.15) is 11.1 Å². The van der Waals surface area contributed by atoms with Crippen LogP contribution in [0.3, 0.4) is 0 Å². The first-order chi connectivity index (χ1) is 10.5. The molecule has 0 aliphatic rings. The largest absolute Gasteiger partial charge is 0.364 e. The van der Waals surface area contributed by atoms with E-state index in [-0.39, 0.29) is 0 Å². The van der Waals surface area contributed by atoms with Crippen LogP contribution >= 0.6 is 0 Å². The number of anilines is 2. The van der Waals surface area contributed by atoms with E-state index in [2.05, 4.69) is 20.9 Å². The standard InChI is InChI=1S/C16H16N4O2/c1-11-3-7-13(8-4-11)17-15(21)19-20-16(22)18-14-9-5-12(2)6-10-14/h3-10H,1-2H3,(H,17,21)(H,18,22)/b20-19+. The zero-order chi connectivity index (χ0) is 15.9. The molecule has 2 aromatic carbocycles. The molecular formula is C16H16N4O2. The minimum atomic E-state index is -0.706. The van der Waals surface area contributed by atoms with E-state index in [0.717, 1.165) is 11.1 Å². The molecule has 0 saturated carbocycles. The Bertz CT molecular complexity index is 630. The van der Waals surface area contributed by atoms with Crippen LogP contribution in [0.25, 0.3) is 0 Å². The summed E-state index contributed by atoms with van der Waals surface area (Å²) >= 11 is 0. The number of benzene rings is 2. The summed E-state index contributed by atoms with van der Waals surface area (Å²) in [6.07, 6.45) is 0. The number of aryl methyl sites for hydroxylation is 2. The van der Waals surface area contributed by atoms with Crippen molar-refractivity contribution in [1.82, 2.24) is 0 Å². The molecule has 22 heavy (non-hydrogen) atoms. The van der Waals surface area contributed by atoms with Gasteiger partial charge in [-0.2, -0.15) is 0 Å². The smallest absolute Gasteiger partial charge is 0.305 e. The van der Waals surface area contributed by atoms with Crippen LogP contribution in [0.5, 0.6) is 0 Å². The van der Waals surface area contributed by atoms with Crippen molar-refractivity contribution in [2.75, 3.05) is 10.6 Å². The van der Waals surface area contributed by atoms with Crippen LogP contribution in [0.4, 0.5) is 21.0 Å². The number of urea groups is 2. The topological polar surface area (TPSA) is 82.9 Å². The molecule has 0 heterocycles. The Balaban J connectivity index is 1.87. The Morgan fingerprint density at radius 2 is 1.00 bits per heavy atom. The van der Waals surface area contributed by atoms with Gasteiger partial charge >= 0.3 is 12.1 Å². The van der Waals surface area contributed by atoms with Gasteiger partial charge in [0.1, 0.15) is 0 Å². The molecule has 0 aliphatic heterocycles. The molecule has 112 valence electrons. The van der Waals surface area contributed by atoms with Gasteiger partial charge in [0.15, 0.2) is 0 Å². The minimum absolute atomic E-state index is 0.591. The molecule has 0 saturated heterocycles. The highest BCUT2D eigenvalue weighted by Gasteiger charge is 2.03. The van der Waals surface area contributed by atoms with Crippen molar-refractivity contribution in [3.05, 3.63) is 59.7 Å². The van der Waals surface area contributed by atoms with E-state index in [1.54, 1.807) is 24.3 Å². The van der Waals surface area contributed by atoms with Gasteiger partial charge in [0, 0.05) is 11.4 Å². The highest BCUT2D eigenvalue weighted by molar-refractivity contribution is 5.93. The minimum Gasteiger partial charge on any atom is -0.305 e. The van der Waals surface area contributed by atoms with Crippen molar-refractivity contribution in [2.24, 2.45) is 10.2 Å². The molecule has 0 unspecified atom stereocenters. The molecule has 6 heteroatoms. The first-order valence-electron chi connectivity index (χ1n) is 6.70. The van der Waals surface area contributed by atoms with Crippen molar-refractivity contribution >= 4 is 23.4 Å². The van der Waals surface area contributed by atoms with Crippen molar-refractivity contribution < 1.29 is 9.59 Å². The number of hydrogen-bond donors (Lipinski definition) is 2. The van der Waals surface area contributed by atoms with E-state index in [0.29, 0.717) is 11.4 Å².